The minimum Gasteiger partial charge on any atom is -0.452 e. The van der Waals surface area contributed by atoms with Crippen LogP contribution in [0.2, 0.25) is 0 Å². The molecule has 146 valence electrons. The Bertz CT molecular complexity index is 963. The highest BCUT2D eigenvalue weighted by Gasteiger charge is 2.14. The molecule has 0 aliphatic carbocycles. The van der Waals surface area contributed by atoms with Crippen molar-refractivity contribution in [1.82, 2.24) is 20.3 Å². The Kier molecular flexibility index (Phi) is 6.03. The summed E-state index contributed by atoms with van der Waals surface area (Å²) in [6.45, 7) is 6.20. The number of fused-ring (bicyclic) bond motifs is 1. The van der Waals surface area contributed by atoms with Crippen LogP contribution in [-0.4, -0.2) is 39.5 Å². The van der Waals surface area contributed by atoms with E-state index in [2.05, 4.69) is 15.6 Å². The smallest absolute Gasteiger partial charge is 0.338 e. The number of ether oxygens (including phenoxy) is 1. The molecule has 1 amide bonds. The Morgan fingerprint density at radius 2 is 1.79 bits per heavy atom. The van der Waals surface area contributed by atoms with Crippen LogP contribution in [0.5, 0.6) is 0 Å². The third kappa shape index (κ3) is 4.73. The Hall–Kier alpha value is -3.22. The first-order valence-corrected chi connectivity index (χ1v) is 9.27. The fraction of sp³-hybridized carbons (Fsp3) is 0.333. The lowest BCUT2D eigenvalue weighted by Gasteiger charge is -2.17. The van der Waals surface area contributed by atoms with Gasteiger partial charge in [0.05, 0.1) is 17.6 Å². The lowest BCUT2D eigenvalue weighted by atomic mass is 10.1. The lowest BCUT2D eigenvalue weighted by Crippen LogP contribution is -2.38. The summed E-state index contributed by atoms with van der Waals surface area (Å²) >= 11 is 0. The molecule has 1 heterocycles. The van der Waals surface area contributed by atoms with Crippen molar-refractivity contribution in [2.45, 2.75) is 33.4 Å². The molecule has 0 bridgehead atoms. The van der Waals surface area contributed by atoms with Crippen LogP contribution < -0.4 is 5.32 Å². The summed E-state index contributed by atoms with van der Waals surface area (Å²) in [4.78, 5) is 24.0. The minimum absolute atomic E-state index is 0.0263. The van der Waals surface area contributed by atoms with Gasteiger partial charge in [-0.1, -0.05) is 43.3 Å². The van der Waals surface area contributed by atoms with E-state index in [0.717, 1.165) is 16.6 Å². The van der Waals surface area contributed by atoms with Gasteiger partial charge in [0.15, 0.2) is 6.61 Å². The molecule has 0 spiro atoms. The van der Waals surface area contributed by atoms with Gasteiger partial charge in [-0.3, -0.25) is 4.79 Å². The van der Waals surface area contributed by atoms with E-state index in [0.29, 0.717) is 18.0 Å². The second kappa shape index (κ2) is 8.65. The average Bonchev–Trinajstić information content (AvgIpc) is 3.09. The Labute approximate surface area is 163 Å². The van der Waals surface area contributed by atoms with Gasteiger partial charge in [0, 0.05) is 6.04 Å². The summed E-state index contributed by atoms with van der Waals surface area (Å²) in [5, 5.41) is 11.1. The number of benzene rings is 2. The first-order valence-electron chi connectivity index (χ1n) is 9.27. The van der Waals surface area contributed by atoms with Gasteiger partial charge in [-0.2, -0.15) is 0 Å². The summed E-state index contributed by atoms with van der Waals surface area (Å²) in [6, 6.07) is 14.8. The first-order chi connectivity index (χ1) is 13.4. The number of amides is 1. The highest BCUT2D eigenvalue weighted by molar-refractivity contribution is 5.91. The molecule has 1 atom stereocenters. The molecule has 0 saturated heterocycles. The van der Waals surface area contributed by atoms with Crippen LogP contribution >= 0.6 is 0 Å². The van der Waals surface area contributed by atoms with Crippen molar-refractivity contribution in [3.05, 3.63) is 59.7 Å². The number of nitrogens with one attached hydrogen (secondary N) is 1. The molecule has 0 radical (unpaired) electrons. The summed E-state index contributed by atoms with van der Waals surface area (Å²) in [5.74, 6) is -0.511. The van der Waals surface area contributed by atoms with Crippen LogP contribution in [0.4, 0.5) is 0 Å². The predicted molar refractivity (Wildman–Crippen MR) is 106 cm³/mol. The Morgan fingerprint density at radius 1 is 1.07 bits per heavy atom. The van der Waals surface area contributed by atoms with Gasteiger partial charge in [0.2, 0.25) is 0 Å². The molecule has 3 aromatic rings. The van der Waals surface area contributed by atoms with Gasteiger partial charge in [0.1, 0.15) is 5.52 Å². The quantitative estimate of drug-likeness (QED) is 0.637. The second-order valence-electron chi connectivity index (χ2n) is 7.11. The van der Waals surface area contributed by atoms with E-state index in [4.69, 9.17) is 4.74 Å². The molecule has 7 heteroatoms. The number of carbonyl (C=O) groups excluding carboxylic acids is 2. The van der Waals surface area contributed by atoms with Gasteiger partial charge in [-0.15, -0.1) is 5.10 Å². The van der Waals surface area contributed by atoms with Crippen LogP contribution in [-0.2, 0) is 16.1 Å². The maximum absolute atomic E-state index is 12.1. The zero-order chi connectivity index (χ0) is 20.1. The van der Waals surface area contributed by atoms with Crippen LogP contribution in [0.25, 0.3) is 11.0 Å². The van der Waals surface area contributed by atoms with Crippen molar-refractivity contribution in [2.24, 2.45) is 5.92 Å². The summed E-state index contributed by atoms with van der Waals surface area (Å²) in [7, 11) is 0. The topological polar surface area (TPSA) is 86.1 Å². The summed E-state index contributed by atoms with van der Waals surface area (Å²) in [6.07, 6.45) is 0. The standard InChI is InChI=1S/C21H24N4O3/c1-14(2)15(3)22-20(26)13-28-21(27)17-10-8-16(9-11-17)12-25-19-7-5-4-6-18(19)23-24-25/h4-11,14-15H,12-13H2,1-3H3,(H,22,26)/t15-/m1/s1. The van der Waals surface area contributed by atoms with Gasteiger partial charge >= 0.3 is 5.97 Å². The predicted octanol–water partition coefficient (Wildman–Crippen LogP) is 2.80. The van der Waals surface area contributed by atoms with E-state index in [-0.39, 0.29) is 18.6 Å². The maximum atomic E-state index is 12.1. The maximum Gasteiger partial charge on any atom is 0.338 e. The Balaban J connectivity index is 1.56. The van der Waals surface area contributed by atoms with Crippen LogP contribution in [0, 0.1) is 5.92 Å². The summed E-state index contributed by atoms with van der Waals surface area (Å²) < 4.78 is 6.90. The van der Waals surface area contributed by atoms with Crippen LogP contribution in [0.15, 0.2) is 48.5 Å². The zero-order valence-electron chi connectivity index (χ0n) is 16.3. The van der Waals surface area contributed by atoms with Crippen molar-refractivity contribution in [1.29, 1.82) is 0 Å². The normalized spacial score (nSPS) is 12.1. The number of nitrogens with zero attached hydrogens (tertiary/aromatic N) is 3. The molecule has 0 fully saturated rings. The van der Waals surface area contributed by atoms with E-state index in [1.165, 1.54) is 0 Å². The molecule has 3 rings (SSSR count). The molecular weight excluding hydrogens is 356 g/mol. The molecule has 7 nitrogen and oxygen atoms in total. The molecule has 0 aliphatic rings. The highest BCUT2D eigenvalue weighted by atomic mass is 16.5. The lowest BCUT2D eigenvalue weighted by molar-refractivity contribution is -0.125. The average molecular weight is 380 g/mol. The van der Waals surface area contributed by atoms with Gasteiger partial charge in [-0.05, 0) is 42.7 Å². The fourth-order valence-electron chi connectivity index (χ4n) is 2.63. The largest absolute Gasteiger partial charge is 0.452 e. The van der Waals surface area contributed by atoms with Gasteiger partial charge in [-0.25, -0.2) is 9.48 Å². The van der Waals surface area contributed by atoms with E-state index in [9.17, 15) is 9.59 Å². The third-order valence-corrected chi connectivity index (χ3v) is 4.67. The highest BCUT2D eigenvalue weighted by Crippen LogP contribution is 2.13. The minimum atomic E-state index is -0.523. The van der Waals surface area contributed by atoms with Crippen molar-refractivity contribution >= 4 is 22.9 Å². The number of rotatable bonds is 7. The van der Waals surface area contributed by atoms with Crippen molar-refractivity contribution < 1.29 is 14.3 Å². The molecule has 0 unspecified atom stereocenters. The molecule has 1 N–H and O–H groups in total. The second-order valence-corrected chi connectivity index (χ2v) is 7.11. The molecular formula is C21H24N4O3. The number of para-hydroxylation sites is 1. The number of aromatic nitrogens is 3. The molecule has 2 aromatic carbocycles. The SMILES string of the molecule is CC(C)[C@@H](C)NC(=O)COC(=O)c1ccc(Cn2nnc3ccccc32)cc1. The van der Waals surface area contributed by atoms with Crippen molar-refractivity contribution in [3.63, 3.8) is 0 Å². The van der Waals surface area contributed by atoms with Gasteiger partial charge in [0.25, 0.3) is 5.91 Å². The van der Waals surface area contributed by atoms with Crippen molar-refractivity contribution in [3.8, 4) is 0 Å². The molecule has 0 aliphatic heterocycles. The monoisotopic (exact) mass is 380 g/mol. The Morgan fingerprint density at radius 3 is 2.50 bits per heavy atom. The van der Waals surface area contributed by atoms with E-state index in [1.54, 1.807) is 12.1 Å². The number of esters is 1. The van der Waals surface area contributed by atoms with Crippen LogP contribution in [0.3, 0.4) is 0 Å². The first kappa shape index (κ1) is 19.5. The molecule has 28 heavy (non-hydrogen) atoms. The fourth-order valence-corrected chi connectivity index (χ4v) is 2.63. The van der Waals surface area contributed by atoms with E-state index >= 15 is 0 Å². The van der Waals surface area contributed by atoms with Gasteiger partial charge < -0.3 is 10.1 Å². The van der Waals surface area contributed by atoms with E-state index in [1.807, 2.05) is 61.9 Å². The van der Waals surface area contributed by atoms with E-state index < -0.39 is 5.97 Å². The summed E-state index contributed by atoms with van der Waals surface area (Å²) in [5.41, 5.74) is 3.17. The third-order valence-electron chi connectivity index (χ3n) is 4.67. The van der Waals surface area contributed by atoms with Crippen LogP contribution in [0.1, 0.15) is 36.7 Å². The number of carbonyl (C=O) groups is 2. The number of hydrogen-bond acceptors (Lipinski definition) is 5. The zero-order valence-corrected chi connectivity index (χ0v) is 16.3. The molecule has 0 saturated carbocycles. The number of hydrogen-bond donors (Lipinski definition) is 1. The van der Waals surface area contributed by atoms with Crippen molar-refractivity contribution in [2.75, 3.05) is 6.61 Å². The molecule has 1 aromatic heterocycles.